The normalized spacial score (nSPS) is 14.5. The molecule has 2 aromatic carbocycles. The SMILES string of the molecule is COc1cccc(CC(=O)N2CCC(c3cc4c(ncn4C)c(-c4ccccc4)n3)CC2)c1. The molecular formula is C27H28N4O2. The van der Waals surface area contributed by atoms with E-state index < -0.39 is 0 Å². The summed E-state index contributed by atoms with van der Waals surface area (Å²) in [6, 6.07) is 20.2. The summed E-state index contributed by atoms with van der Waals surface area (Å²) in [6.07, 6.45) is 4.07. The molecule has 1 aliphatic heterocycles. The highest BCUT2D eigenvalue weighted by Gasteiger charge is 2.26. The van der Waals surface area contributed by atoms with E-state index in [-0.39, 0.29) is 5.91 Å². The number of ether oxygens (including phenoxy) is 1. The molecule has 0 bridgehead atoms. The molecule has 1 amide bonds. The molecular weight excluding hydrogens is 412 g/mol. The largest absolute Gasteiger partial charge is 0.497 e. The van der Waals surface area contributed by atoms with Crippen LogP contribution < -0.4 is 4.74 Å². The predicted molar refractivity (Wildman–Crippen MR) is 129 cm³/mol. The minimum absolute atomic E-state index is 0.168. The number of aromatic nitrogens is 3. The predicted octanol–water partition coefficient (Wildman–Crippen LogP) is 4.59. The van der Waals surface area contributed by atoms with E-state index in [0.29, 0.717) is 12.3 Å². The third-order valence-corrected chi connectivity index (χ3v) is 6.54. The highest BCUT2D eigenvalue weighted by atomic mass is 16.5. The monoisotopic (exact) mass is 440 g/mol. The zero-order chi connectivity index (χ0) is 22.8. The van der Waals surface area contributed by atoms with Crippen molar-refractivity contribution in [2.24, 2.45) is 7.05 Å². The first-order chi connectivity index (χ1) is 16.1. The molecule has 0 spiro atoms. The molecule has 2 aromatic heterocycles. The van der Waals surface area contributed by atoms with E-state index in [1.165, 1.54) is 0 Å². The Morgan fingerprint density at radius 3 is 2.61 bits per heavy atom. The Morgan fingerprint density at radius 1 is 1.06 bits per heavy atom. The molecule has 6 nitrogen and oxygen atoms in total. The Morgan fingerprint density at radius 2 is 1.85 bits per heavy atom. The Balaban J connectivity index is 1.33. The van der Waals surface area contributed by atoms with Gasteiger partial charge in [0.1, 0.15) is 11.3 Å². The van der Waals surface area contributed by atoms with Crippen molar-refractivity contribution < 1.29 is 9.53 Å². The van der Waals surface area contributed by atoms with Gasteiger partial charge in [-0.1, -0.05) is 42.5 Å². The van der Waals surface area contributed by atoms with Crippen LogP contribution in [0.2, 0.25) is 0 Å². The van der Waals surface area contributed by atoms with Gasteiger partial charge in [0.05, 0.1) is 31.1 Å². The fourth-order valence-electron chi connectivity index (χ4n) is 4.65. The molecule has 0 radical (unpaired) electrons. The van der Waals surface area contributed by atoms with E-state index in [1.807, 2.05) is 60.7 Å². The number of methoxy groups -OCH3 is 1. The van der Waals surface area contributed by atoms with Crippen LogP contribution in [0.3, 0.4) is 0 Å². The number of carbonyl (C=O) groups is 1. The molecule has 0 unspecified atom stereocenters. The molecule has 1 fully saturated rings. The van der Waals surface area contributed by atoms with Gasteiger partial charge in [-0.05, 0) is 36.6 Å². The summed E-state index contributed by atoms with van der Waals surface area (Å²) in [7, 11) is 3.67. The number of pyridine rings is 1. The molecule has 3 heterocycles. The Hall–Kier alpha value is -3.67. The highest BCUT2D eigenvalue weighted by molar-refractivity contribution is 5.90. The van der Waals surface area contributed by atoms with Gasteiger partial charge >= 0.3 is 0 Å². The Bertz CT molecular complexity index is 1270. The van der Waals surface area contributed by atoms with Gasteiger partial charge in [-0.3, -0.25) is 9.78 Å². The minimum atomic E-state index is 0.168. The maximum absolute atomic E-state index is 12.9. The first-order valence-electron chi connectivity index (χ1n) is 11.4. The van der Waals surface area contributed by atoms with Crippen molar-refractivity contribution in [3.63, 3.8) is 0 Å². The molecule has 6 heteroatoms. The van der Waals surface area contributed by atoms with Crippen molar-refractivity contribution >= 4 is 16.9 Å². The average molecular weight is 441 g/mol. The smallest absolute Gasteiger partial charge is 0.226 e. The maximum atomic E-state index is 12.9. The minimum Gasteiger partial charge on any atom is -0.497 e. The molecule has 0 N–H and O–H groups in total. The van der Waals surface area contributed by atoms with Gasteiger partial charge in [-0.2, -0.15) is 0 Å². The van der Waals surface area contributed by atoms with Crippen LogP contribution in [-0.2, 0) is 18.3 Å². The molecule has 1 saturated heterocycles. The van der Waals surface area contributed by atoms with Gasteiger partial charge in [0.2, 0.25) is 5.91 Å². The Labute approximate surface area is 193 Å². The molecule has 0 saturated carbocycles. The number of fused-ring (bicyclic) bond motifs is 1. The van der Waals surface area contributed by atoms with Crippen LogP contribution in [0.15, 0.2) is 67.0 Å². The second-order valence-electron chi connectivity index (χ2n) is 8.67. The van der Waals surface area contributed by atoms with E-state index >= 15 is 0 Å². The first-order valence-corrected chi connectivity index (χ1v) is 11.4. The zero-order valence-electron chi connectivity index (χ0n) is 19.1. The van der Waals surface area contributed by atoms with Crippen molar-refractivity contribution in [2.75, 3.05) is 20.2 Å². The lowest BCUT2D eigenvalue weighted by molar-refractivity contribution is -0.131. The number of carbonyl (C=O) groups excluding carboxylic acids is 1. The van der Waals surface area contributed by atoms with Gasteiger partial charge in [-0.15, -0.1) is 0 Å². The standard InChI is InChI=1S/C27H28N4O2/c1-30-18-28-27-24(30)17-23(29-26(27)21-8-4-3-5-9-21)20-11-13-31(14-12-20)25(32)16-19-7-6-10-22(15-19)33-2/h3-10,15,17-18,20H,11-14,16H2,1-2H3. The van der Waals surface area contributed by atoms with Crippen molar-refractivity contribution in [1.82, 2.24) is 19.4 Å². The van der Waals surface area contributed by atoms with E-state index in [4.69, 9.17) is 9.72 Å². The summed E-state index contributed by atoms with van der Waals surface area (Å²) in [4.78, 5) is 24.6. The van der Waals surface area contributed by atoms with E-state index in [0.717, 1.165) is 65.2 Å². The summed E-state index contributed by atoms with van der Waals surface area (Å²) in [5.74, 6) is 1.28. The maximum Gasteiger partial charge on any atom is 0.226 e. The number of rotatable bonds is 5. The quantitative estimate of drug-likeness (QED) is 0.455. The van der Waals surface area contributed by atoms with Crippen LogP contribution >= 0.6 is 0 Å². The molecule has 5 rings (SSSR count). The summed E-state index contributed by atoms with van der Waals surface area (Å²) in [5, 5.41) is 0. The van der Waals surface area contributed by atoms with Crippen molar-refractivity contribution in [1.29, 1.82) is 0 Å². The molecule has 0 atom stereocenters. The summed E-state index contributed by atoms with van der Waals surface area (Å²) >= 11 is 0. The van der Waals surface area contributed by atoms with Crippen molar-refractivity contribution in [3.05, 3.63) is 78.2 Å². The van der Waals surface area contributed by atoms with Gasteiger partial charge in [-0.25, -0.2) is 4.98 Å². The molecule has 1 aliphatic rings. The van der Waals surface area contributed by atoms with Crippen molar-refractivity contribution in [2.45, 2.75) is 25.2 Å². The lowest BCUT2D eigenvalue weighted by Gasteiger charge is -2.32. The summed E-state index contributed by atoms with van der Waals surface area (Å²) < 4.78 is 7.34. The number of imidazole rings is 1. The number of hydrogen-bond donors (Lipinski definition) is 0. The number of hydrogen-bond acceptors (Lipinski definition) is 4. The molecule has 4 aromatic rings. The van der Waals surface area contributed by atoms with Crippen LogP contribution in [0.4, 0.5) is 0 Å². The van der Waals surface area contributed by atoms with Gasteiger partial charge in [0.25, 0.3) is 0 Å². The van der Waals surface area contributed by atoms with Gasteiger partial charge in [0, 0.05) is 37.3 Å². The van der Waals surface area contributed by atoms with Gasteiger partial charge in [0.15, 0.2) is 0 Å². The number of piperidine rings is 1. The zero-order valence-corrected chi connectivity index (χ0v) is 19.1. The number of aryl methyl sites for hydroxylation is 1. The van der Waals surface area contributed by atoms with E-state index in [1.54, 1.807) is 7.11 Å². The lowest BCUT2D eigenvalue weighted by Crippen LogP contribution is -2.38. The number of amides is 1. The van der Waals surface area contributed by atoms with Crippen LogP contribution in [-0.4, -0.2) is 45.5 Å². The van der Waals surface area contributed by atoms with Crippen molar-refractivity contribution in [3.8, 4) is 17.0 Å². The second-order valence-corrected chi connectivity index (χ2v) is 8.67. The highest BCUT2D eigenvalue weighted by Crippen LogP contribution is 2.33. The van der Waals surface area contributed by atoms with Gasteiger partial charge < -0.3 is 14.2 Å². The average Bonchev–Trinajstić information content (AvgIpc) is 3.25. The Kier molecular flexibility index (Phi) is 5.82. The summed E-state index contributed by atoms with van der Waals surface area (Å²) in [5.41, 5.74) is 6.10. The first kappa shape index (κ1) is 21.2. The topological polar surface area (TPSA) is 60.2 Å². The second kappa shape index (κ2) is 9.06. The fourth-order valence-corrected chi connectivity index (χ4v) is 4.65. The number of benzene rings is 2. The van der Waals surface area contributed by atoms with Crippen LogP contribution in [0.25, 0.3) is 22.3 Å². The summed E-state index contributed by atoms with van der Waals surface area (Å²) in [6.45, 7) is 1.50. The molecule has 33 heavy (non-hydrogen) atoms. The van der Waals surface area contributed by atoms with Crippen LogP contribution in [0.1, 0.15) is 30.0 Å². The molecule has 168 valence electrons. The fraction of sp³-hybridized carbons (Fsp3) is 0.296. The number of likely N-dealkylation sites (tertiary alicyclic amines) is 1. The number of nitrogens with zero attached hydrogens (tertiary/aromatic N) is 4. The third kappa shape index (κ3) is 4.33. The molecule has 0 aliphatic carbocycles. The third-order valence-electron chi connectivity index (χ3n) is 6.54. The lowest BCUT2D eigenvalue weighted by atomic mass is 9.92. The van der Waals surface area contributed by atoms with Crippen LogP contribution in [0.5, 0.6) is 5.75 Å². The van der Waals surface area contributed by atoms with E-state index in [9.17, 15) is 4.79 Å². The van der Waals surface area contributed by atoms with E-state index in [2.05, 4.69) is 27.8 Å². The van der Waals surface area contributed by atoms with Crippen LogP contribution in [0, 0.1) is 0 Å².